The number of hydrogen-bond acceptors (Lipinski definition) is 3. The Labute approximate surface area is 93.3 Å². The number of aryl methyl sites for hydroxylation is 1. The third kappa shape index (κ3) is 1.83. The molecule has 16 heavy (non-hydrogen) atoms. The third-order valence-corrected chi connectivity index (χ3v) is 2.92. The predicted octanol–water partition coefficient (Wildman–Crippen LogP) is 2.35. The van der Waals surface area contributed by atoms with E-state index >= 15 is 0 Å². The van der Waals surface area contributed by atoms with Crippen molar-refractivity contribution in [3.05, 3.63) is 39.8 Å². The summed E-state index contributed by atoms with van der Waals surface area (Å²) in [6.07, 6.45) is 0.830. The fraction of sp³-hybridized carbons (Fsp3) is 0.455. The second-order valence-corrected chi connectivity index (χ2v) is 3.82. The Bertz CT molecular complexity index is 441. The molecule has 5 nitrogen and oxygen atoms in total. The SMILES string of the molecule is COc1ccc2c(c1)[C@@H](N=[N+]=[N-])[C@H](O)CC2. The van der Waals surface area contributed by atoms with Crippen LogP contribution >= 0.6 is 0 Å². The maximum absolute atomic E-state index is 9.80. The monoisotopic (exact) mass is 219 g/mol. The summed E-state index contributed by atoms with van der Waals surface area (Å²) in [7, 11) is 1.59. The second-order valence-electron chi connectivity index (χ2n) is 3.82. The highest BCUT2D eigenvalue weighted by Crippen LogP contribution is 2.35. The zero-order chi connectivity index (χ0) is 11.5. The molecule has 0 bridgehead atoms. The van der Waals surface area contributed by atoms with E-state index in [1.165, 1.54) is 0 Å². The Hall–Kier alpha value is -1.71. The molecule has 0 spiro atoms. The van der Waals surface area contributed by atoms with Gasteiger partial charge in [-0.2, -0.15) is 0 Å². The minimum Gasteiger partial charge on any atom is -0.497 e. The molecule has 0 unspecified atom stereocenters. The summed E-state index contributed by atoms with van der Waals surface area (Å²) < 4.78 is 5.13. The lowest BCUT2D eigenvalue weighted by atomic mass is 9.86. The summed E-state index contributed by atoms with van der Waals surface area (Å²) in [6, 6.07) is 5.17. The molecule has 1 aromatic carbocycles. The molecule has 0 saturated carbocycles. The molecule has 1 aromatic rings. The number of hydrogen-bond donors (Lipinski definition) is 1. The van der Waals surface area contributed by atoms with Crippen molar-refractivity contribution in [1.82, 2.24) is 0 Å². The normalized spacial score (nSPS) is 23.1. The van der Waals surface area contributed by atoms with Crippen LogP contribution in [0, 0.1) is 0 Å². The number of benzene rings is 1. The van der Waals surface area contributed by atoms with Gasteiger partial charge in [0.2, 0.25) is 0 Å². The van der Waals surface area contributed by atoms with Gasteiger partial charge in [-0.1, -0.05) is 11.2 Å². The number of rotatable bonds is 2. The van der Waals surface area contributed by atoms with Crippen LogP contribution in [0.15, 0.2) is 23.3 Å². The first-order chi connectivity index (χ1) is 7.76. The van der Waals surface area contributed by atoms with E-state index in [1.54, 1.807) is 7.11 Å². The van der Waals surface area contributed by atoms with E-state index in [1.807, 2.05) is 18.2 Å². The summed E-state index contributed by atoms with van der Waals surface area (Å²) in [6.45, 7) is 0. The van der Waals surface area contributed by atoms with Crippen molar-refractivity contribution in [2.24, 2.45) is 5.11 Å². The number of aliphatic hydroxyl groups is 1. The zero-order valence-electron chi connectivity index (χ0n) is 9.00. The average Bonchev–Trinajstić information content (AvgIpc) is 2.32. The van der Waals surface area contributed by atoms with Crippen molar-refractivity contribution >= 4 is 0 Å². The summed E-state index contributed by atoms with van der Waals surface area (Å²) in [5.41, 5.74) is 10.5. The molecular formula is C11H13N3O2. The summed E-state index contributed by atoms with van der Waals surface area (Å²) in [5.74, 6) is 0.714. The molecule has 2 atom stereocenters. The van der Waals surface area contributed by atoms with Crippen molar-refractivity contribution in [2.75, 3.05) is 7.11 Å². The summed E-state index contributed by atoms with van der Waals surface area (Å²) >= 11 is 0. The molecular weight excluding hydrogens is 206 g/mol. The maximum atomic E-state index is 9.80. The number of azide groups is 1. The van der Waals surface area contributed by atoms with Crippen molar-refractivity contribution in [3.8, 4) is 5.75 Å². The number of ether oxygens (including phenoxy) is 1. The lowest BCUT2D eigenvalue weighted by Gasteiger charge is -2.27. The Balaban J connectivity index is 2.47. The topological polar surface area (TPSA) is 78.2 Å². The van der Waals surface area contributed by atoms with Gasteiger partial charge in [0.05, 0.1) is 19.3 Å². The first-order valence-electron chi connectivity index (χ1n) is 5.15. The van der Waals surface area contributed by atoms with Crippen molar-refractivity contribution in [3.63, 3.8) is 0 Å². The number of methoxy groups -OCH3 is 1. The van der Waals surface area contributed by atoms with Gasteiger partial charge in [0.25, 0.3) is 0 Å². The highest BCUT2D eigenvalue weighted by molar-refractivity contribution is 5.40. The molecule has 1 aliphatic rings. The Morgan fingerprint density at radius 2 is 2.38 bits per heavy atom. The van der Waals surface area contributed by atoms with E-state index in [0.29, 0.717) is 12.2 Å². The van der Waals surface area contributed by atoms with Crippen LogP contribution < -0.4 is 4.74 Å². The predicted molar refractivity (Wildman–Crippen MR) is 59.2 cm³/mol. The maximum Gasteiger partial charge on any atom is 0.119 e. The van der Waals surface area contributed by atoms with Gasteiger partial charge in [-0.05, 0) is 41.6 Å². The second kappa shape index (κ2) is 4.43. The Morgan fingerprint density at radius 3 is 3.06 bits per heavy atom. The van der Waals surface area contributed by atoms with Crippen LogP contribution in [0.25, 0.3) is 10.4 Å². The molecule has 0 saturated heterocycles. The van der Waals surface area contributed by atoms with Gasteiger partial charge in [-0.3, -0.25) is 0 Å². The van der Waals surface area contributed by atoms with Gasteiger partial charge in [0, 0.05) is 4.91 Å². The van der Waals surface area contributed by atoms with Gasteiger partial charge in [-0.15, -0.1) is 0 Å². The van der Waals surface area contributed by atoms with Crippen LogP contribution in [0.1, 0.15) is 23.6 Å². The third-order valence-electron chi connectivity index (χ3n) is 2.92. The van der Waals surface area contributed by atoms with E-state index < -0.39 is 12.1 Å². The van der Waals surface area contributed by atoms with Crippen LogP contribution in [-0.4, -0.2) is 18.3 Å². The van der Waals surface area contributed by atoms with Crippen molar-refractivity contribution < 1.29 is 9.84 Å². The standard InChI is InChI=1S/C11H13N3O2/c1-16-8-4-2-7-3-5-10(15)11(13-14-12)9(7)6-8/h2,4,6,10-11,15H,3,5H2,1H3/t10-,11-/m1/s1. The molecule has 2 rings (SSSR count). The van der Waals surface area contributed by atoms with E-state index in [-0.39, 0.29) is 0 Å². The fourth-order valence-corrected chi connectivity index (χ4v) is 2.07. The summed E-state index contributed by atoms with van der Waals surface area (Å²) in [4.78, 5) is 2.79. The van der Waals surface area contributed by atoms with Crippen LogP contribution in [-0.2, 0) is 6.42 Å². The molecule has 0 aliphatic heterocycles. The molecule has 1 N–H and O–H groups in total. The van der Waals surface area contributed by atoms with Gasteiger partial charge in [0.1, 0.15) is 5.75 Å². The molecule has 0 radical (unpaired) electrons. The minimum absolute atomic E-state index is 0.496. The van der Waals surface area contributed by atoms with Gasteiger partial charge in [0.15, 0.2) is 0 Å². The zero-order valence-corrected chi connectivity index (χ0v) is 9.00. The number of nitrogens with zero attached hydrogens (tertiary/aromatic N) is 3. The first kappa shape index (κ1) is 10.8. The van der Waals surface area contributed by atoms with E-state index in [0.717, 1.165) is 17.5 Å². The van der Waals surface area contributed by atoms with Crippen molar-refractivity contribution in [1.29, 1.82) is 0 Å². The minimum atomic E-state index is -0.601. The first-order valence-corrected chi connectivity index (χ1v) is 5.15. The highest BCUT2D eigenvalue weighted by Gasteiger charge is 2.27. The average molecular weight is 219 g/mol. The van der Waals surface area contributed by atoms with Gasteiger partial charge in [-0.25, -0.2) is 0 Å². The van der Waals surface area contributed by atoms with Gasteiger partial charge >= 0.3 is 0 Å². The van der Waals surface area contributed by atoms with Crippen molar-refractivity contribution in [2.45, 2.75) is 25.0 Å². The van der Waals surface area contributed by atoms with E-state index in [9.17, 15) is 5.11 Å². The Kier molecular flexibility index (Phi) is 2.99. The van der Waals surface area contributed by atoms with E-state index in [4.69, 9.17) is 10.3 Å². The molecule has 1 aliphatic carbocycles. The smallest absolute Gasteiger partial charge is 0.119 e. The molecule has 5 heteroatoms. The van der Waals surface area contributed by atoms with Crippen LogP contribution in [0.5, 0.6) is 5.75 Å². The molecule has 0 fully saturated rings. The van der Waals surface area contributed by atoms with Crippen LogP contribution in [0.2, 0.25) is 0 Å². The fourth-order valence-electron chi connectivity index (χ4n) is 2.07. The molecule has 0 heterocycles. The Morgan fingerprint density at radius 1 is 1.56 bits per heavy atom. The lowest BCUT2D eigenvalue weighted by molar-refractivity contribution is 0.128. The summed E-state index contributed by atoms with van der Waals surface area (Å²) in [5, 5.41) is 13.5. The highest BCUT2D eigenvalue weighted by atomic mass is 16.5. The largest absolute Gasteiger partial charge is 0.497 e. The molecule has 0 amide bonds. The van der Waals surface area contributed by atoms with Crippen LogP contribution in [0.3, 0.4) is 0 Å². The van der Waals surface area contributed by atoms with E-state index in [2.05, 4.69) is 10.0 Å². The van der Waals surface area contributed by atoms with Crippen LogP contribution in [0.4, 0.5) is 0 Å². The number of aliphatic hydroxyl groups excluding tert-OH is 1. The number of fused-ring (bicyclic) bond motifs is 1. The molecule has 0 aromatic heterocycles. The lowest BCUT2D eigenvalue weighted by Crippen LogP contribution is -2.23. The quantitative estimate of drug-likeness (QED) is 0.470. The van der Waals surface area contributed by atoms with Gasteiger partial charge < -0.3 is 9.84 Å². The molecule has 84 valence electrons.